The average Bonchev–Trinajstić information content (AvgIpc) is 3.59. The minimum Gasteiger partial charge on any atom is -0.478 e. The summed E-state index contributed by atoms with van der Waals surface area (Å²) in [6, 6.07) is -1.60. The van der Waals surface area contributed by atoms with Gasteiger partial charge in [-0.1, -0.05) is 77.5 Å². The molecule has 360 valence electrons. The Morgan fingerprint density at radius 2 is 1.43 bits per heavy atom. The lowest BCUT2D eigenvalue weighted by Gasteiger charge is -2.37. The van der Waals surface area contributed by atoms with Crippen molar-refractivity contribution in [1.29, 1.82) is 0 Å². The molecule has 0 bridgehead atoms. The topological polar surface area (TPSA) is 287 Å². The van der Waals surface area contributed by atoms with Gasteiger partial charge < -0.3 is 41.7 Å². The van der Waals surface area contributed by atoms with E-state index in [1.807, 2.05) is 0 Å². The van der Waals surface area contributed by atoms with Gasteiger partial charge in [-0.3, -0.25) is 38.9 Å². The van der Waals surface area contributed by atoms with Crippen LogP contribution >= 0.6 is 0 Å². The van der Waals surface area contributed by atoms with E-state index in [0.717, 1.165) is 51.6 Å². The molecule has 1 heterocycles. The molecule has 2 saturated carbocycles. The lowest BCUT2D eigenvalue weighted by Crippen LogP contribution is -2.62. The number of alkyl halides is 2. The first-order valence-electron chi connectivity index (χ1n) is 21.8. The van der Waals surface area contributed by atoms with Crippen molar-refractivity contribution in [2.75, 3.05) is 20.7 Å². The molecule has 19 nitrogen and oxygen atoms in total. The standard InChI is InChI=1S/C43H60F2N6O10.CH3NO2/c1-42(2,3)34(50-37(55)29(21-13-14-22-31(52)61-4)47-36(54)27-19-11-12-20-28(27)41(59)60)40(58)51-24-43(44,45)23-30(51)38(56)49-33(26-17-9-6-10-18-26)39(57)48-32(35(46)53)25-15-7-5-8-16-25;1-2(3)4/h11-12,14,19-20,22,25-26,29-30,32-34H,5-10,13,15-18,21,23-24H2,1-4H3,(H2,46,53)(H,47,54)(H,48,57)(H,49,56)(H,50,55)(H,59,60);1H3/b22-14+;/t29-,30-,32-,33-,34+;/m0./s1. The highest BCUT2D eigenvalue weighted by molar-refractivity contribution is 6.06. The first-order valence-corrected chi connectivity index (χ1v) is 21.8. The van der Waals surface area contributed by atoms with Crippen LogP contribution in [0.15, 0.2) is 36.4 Å². The lowest BCUT2D eigenvalue weighted by molar-refractivity contribution is -0.445. The monoisotopic (exact) mass is 919 g/mol. The van der Waals surface area contributed by atoms with Gasteiger partial charge >= 0.3 is 11.9 Å². The first-order chi connectivity index (χ1) is 30.5. The number of methoxy groups -OCH3 is 1. The molecule has 1 aromatic rings. The number of allylic oxidation sites excluding steroid dienone is 1. The first kappa shape index (κ1) is 53.3. The molecule has 2 aliphatic carbocycles. The van der Waals surface area contributed by atoms with E-state index in [1.165, 1.54) is 37.5 Å². The molecule has 3 fully saturated rings. The molecule has 0 unspecified atom stereocenters. The molecular formula is C44H63F2N7O12. The van der Waals surface area contributed by atoms with Gasteiger partial charge in [0.2, 0.25) is 29.5 Å². The maximum atomic E-state index is 15.4. The number of aromatic carboxylic acids is 1. The number of hydrogen-bond acceptors (Lipinski definition) is 11. The van der Waals surface area contributed by atoms with Gasteiger partial charge in [0.05, 0.1) is 24.8 Å². The van der Waals surface area contributed by atoms with Crippen LogP contribution in [0, 0.1) is 27.4 Å². The second kappa shape index (κ2) is 24.3. The number of primary amides is 1. The van der Waals surface area contributed by atoms with Crippen LogP contribution in [0.5, 0.6) is 0 Å². The number of likely N-dealkylation sites (tertiary alicyclic amines) is 1. The molecule has 6 amide bonds. The Hall–Kier alpha value is -6.02. The summed E-state index contributed by atoms with van der Waals surface area (Å²) in [5, 5.41) is 29.0. The van der Waals surface area contributed by atoms with E-state index in [1.54, 1.807) is 20.8 Å². The Morgan fingerprint density at radius 3 is 1.94 bits per heavy atom. The number of esters is 1. The number of hydrogen-bond donors (Lipinski definition) is 6. The number of ether oxygens (including phenoxy) is 1. The fourth-order valence-electron chi connectivity index (χ4n) is 8.47. The molecule has 7 N–H and O–H groups in total. The Balaban J connectivity index is 0.00000269. The lowest BCUT2D eigenvalue weighted by atomic mass is 9.81. The van der Waals surface area contributed by atoms with Crippen molar-refractivity contribution in [1.82, 2.24) is 26.2 Å². The Morgan fingerprint density at radius 1 is 0.892 bits per heavy atom. The van der Waals surface area contributed by atoms with Crippen molar-refractivity contribution in [2.24, 2.45) is 23.0 Å². The van der Waals surface area contributed by atoms with Gasteiger partial charge in [0.15, 0.2) is 7.05 Å². The molecule has 1 saturated heterocycles. The number of carbonyl (C=O) groups excluding carboxylic acids is 7. The van der Waals surface area contributed by atoms with Crippen molar-refractivity contribution in [3.63, 3.8) is 0 Å². The van der Waals surface area contributed by atoms with Crippen molar-refractivity contribution < 1.29 is 61.9 Å². The van der Waals surface area contributed by atoms with E-state index in [9.17, 15) is 43.5 Å². The van der Waals surface area contributed by atoms with E-state index in [-0.39, 0.29) is 35.8 Å². The summed E-state index contributed by atoms with van der Waals surface area (Å²) in [6.45, 7) is 3.54. The zero-order valence-electron chi connectivity index (χ0n) is 37.6. The molecular weight excluding hydrogens is 857 g/mol. The molecule has 65 heavy (non-hydrogen) atoms. The highest BCUT2D eigenvalue weighted by atomic mass is 19.3. The largest absolute Gasteiger partial charge is 0.478 e. The van der Waals surface area contributed by atoms with Crippen molar-refractivity contribution in [2.45, 2.75) is 140 Å². The van der Waals surface area contributed by atoms with E-state index in [0.29, 0.717) is 30.6 Å². The van der Waals surface area contributed by atoms with Gasteiger partial charge in [-0.2, -0.15) is 0 Å². The van der Waals surface area contributed by atoms with Crippen LogP contribution in [0.25, 0.3) is 0 Å². The third-order valence-corrected chi connectivity index (χ3v) is 11.8. The summed E-state index contributed by atoms with van der Waals surface area (Å²) >= 11 is 0. The fraction of sp³-hybridized carbons (Fsp3) is 0.636. The zero-order chi connectivity index (χ0) is 48.6. The van der Waals surface area contributed by atoms with E-state index in [4.69, 9.17) is 15.8 Å². The zero-order valence-corrected chi connectivity index (χ0v) is 37.6. The van der Waals surface area contributed by atoms with Crippen molar-refractivity contribution in [3.8, 4) is 0 Å². The minimum absolute atomic E-state index is 0.0271. The number of nitrogens with two attached hydrogens (primary N) is 1. The van der Waals surface area contributed by atoms with Crippen LogP contribution in [0.3, 0.4) is 0 Å². The van der Waals surface area contributed by atoms with Crippen LogP contribution in [0.2, 0.25) is 0 Å². The summed E-state index contributed by atoms with van der Waals surface area (Å²) in [5.74, 6) is -11.4. The molecule has 0 spiro atoms. The Kier molecular flexibility index (Phi) is 19.9. The van der Waals surface area contributed by atoms with Gasteiger partial charge in [-0.05, 0) is 67.9 Å². The molecule has 1 aliphatic heterocycles. The maximum Gasteiger partial charge on any atom is 0.336 e. The van der Waals surface area contributed by atoms with Gasteiger partial charge in [0, 0.05) is 17.4 Å². The van der Waals surface area contributed by atoms with Crippen LogP contribution in [-0.2, 0) is 33.5 Å². The van der Waals surface area contributed by atoms with Crippen LogP contribution < -0.4 is 27.0 Å². The van der Waals surface area contributed by atoms with Gasteiger partial charge in [0.1, 0.15) is 30.2 Å². The highest BCUT2D eigenvalue weighted by Gasteiger charge is 2.53. The van der Waals surface area contributed by atoms with Gasteiger partial charge in [-0.15, -0.1) is 0 Å². The van der Waals surface area contributed by atoms with Gasteiger partial charge in [-0.25, -0.2) is 18.4 Å². The SMILES string of the molecule is COC(=O)/C=C/CC[C@H](NC(=O)c1ccccc1C(=O)O)C(=O)N[C@H](C(=O)N1CC(F)(F)C[C@H]1C(=O)N[C@H](C(=O)N[C@H](C(N)=O)C1CCCCC1)C1CCCCC1)C(C)(C)C.C[N+](=O)[O-]. The number of amides is 6. The molecule has 5 atom stereocenters. The van der Waals surface area contributed by atoms with Crippen molar-refractivity contribution >= 4 is 47.4 Å². The fourth-order valence-corrected chi connectivity index (χ4v) is 8.47. The number of carbonyl (C=O) groups is 8. The Bertz CT molecular complexity index is 1920. The number of nitrogens with zero attached hydrogens (tertiary/aromatic N) is 2. The number of nitro groups is 1. The van der Waals surface area contributed by atoms with E-state index < -0.39 is 107 Å². The quantitative estimate of drug-likeness (QED) is 0.0569. The second-order valence-electron chi connectivity index (χ2n) is 17.8. The number of benzene rings is 1. The highest BCUT2D eigenvalue weighted by Crippen LogP contribution is 2.35. The third-order valence-electron chi connectivity index (χ3n) is 11.8. The number of halogens is 2. The summed E-state index contributed by atoms with van der Waals surface area (Å²) in [7, 11) is 2.06. The predicted octanol–water partition coefficient (Wildman–Crippen LogP) is 3.27. The summed E-state index contributed by atoms with van der Waals surface area (Å²) in [4.78, 5) is 115. The number of carboxylic acid groups (broad SMARTS) is 1. The van der Waals surface area contributed by atoms with Crippen molar-refractivity contribution in [3.05, 3.63) is 57.7 Å². The summed E-state index contributed by atoms with van der Waals surface area (Å²) < 4.78 is 35.3. The van der Waals surface area contributed by atoms with Gasteiger partial charge in [0.25, 0.3) is 11.8 Å². The molecule has 3 aliphatic rings. The normalized spacial score (nSPS) is 19.6. The smallest absolute Gasteiger partial charge is 0.336 e. The van der Waals surface area contributed by atoms with E-state index >= 15 is 8.78 Å². The predicted molar refractivity (Wildman–Crippen MR) is 231 cm³/mol. The molecule has 0 aromatic heterocycles. The minimum atomic E-state index is -3.52. The maximum absolute atomic E-state index is 15.4. The van der Waals surface area contributed by atoms with Crippen LogP contribution in [0.1, 0.15) is 125 Å². The molecule has 0 radical (unpaired) electrons. The van der Waals surface area contributed by atoms with E-state index in [2.05, 4.69) is 26.0 Å². The van der Waals surface area contributed by atoms with Crippen LogP contribution in [0.4, 0.5) is 8.78 Å². The number of carboxylic acids is 1. The molecule has 4 rings (SSSR count). The third kappa shape index (κ3) is 16.2. The Labute approximate surface area is 376 Å². The van der Waals surface area contributed by atoms with Crippen LogP contribution in [-0.4, -0.2) is 119 Å². The number of nitrogens with one attached hydrogen (secondary N) is 4. The molecule has 21 heteroatoms. The number of rotatable bonds is 17. The summed E-state index contributed by atoms with van der Waals surface area (Å²) in [5.41, 5.74) is 3.99. The second-order valence-corrected chi connectivity index (χ2v) is 17.8. The average molecular weight is 920 g/mol. The molecule has 1 aromatic carbocycles. The summed E-state index contributed by atoms with van der Waals surface area (Å²) in [6.07, 6.45) is 8.96.